The number of nitrogens with one attached hydrogen (secondary N) is 1. The van der Waals surface area contributed by atoms with Gasteiger partial charge in [-0.25, -0.2) is 0 Å². The molecule has 2 unspecified atom stereocenters. The molecule has 2 nitrogen and oxygen atoms in total. The van der Waals surface area contributed by atoms with E-state index >= 15 is 0 Å². The van der Waals surface area contributed by atoms with Gasteiger partial charge >= 0.3 is 0 Å². The predicted octanol–water partition coefficient (Wildman–Crippen LogP) is 3.22. The number of benzene rings is 1. The van der Waals surface area contributed by atoms with Crippen LogP contribution in [0.5, 0.6) is 0 Å². The second kappa shape index (κ2) is 7.75. The first-order valence-corrected chi connectivity index (χ1v) is 7.16. The summed E-state index contributed by atoms with van der Waals surface area (Å²) in [4.78, 5) is 1.28. The third-order valence-corrected chi connectivity index (χ3v) is 3.95. The van der Waals surface area contributed by atoms with E-state index in [2.05, 4.69) is 50.4 Å². The molecule has 0 saturated carbocycles. The van der Waals surface area contributed by atoms with E-state index in [0.29, 0.717) is 11.3 Å². The highest BCUT2D eigenvalue weighted by Crippen LogP contribution is 2.26. The lowest BCUT2D eigenvalue weighted by Gasteiger charge is -2.14. The van der Waals surface area contributed by atoms with Crippen molar-refractivity contribution in [1.82, 2.24) is 5.32 Å². The second-order valence-electron chi connectivity index (χ2n) is 4.29. The molecule has 2 N–H and O–H groups in total. The molecule has 0 heterocycles. The van der Waals surface area contributed by atoms with Gasteiger partial charge in [-0.15, -0.1) is 11.8 Å². The zero-order chi connectivity index (χ0) is 12.7. The lowest BCUT2D eigenvalue weighted by atomic mass is 10.1. The molecule has 0 aliphatic rings. The van der Waals surface area contributed by atoms with Crippen LogP contribution in [-0.2, 0) is 0 Å². The Bertz CT molecular complexity index is 313. The zero-order valence-electron chi connectivity index (χ0n) is 10.9. The Kier molecular flexibility index (Phi) is 6.63. The quantitative estimate of drug-likeness (QED) is 0.732. The van der Waals surface area contributed by atoms with E-state index in [1.165, 1.54) is 10.5 Å². The van der Waals surface area contributed by atoms with Crippen LogP contribution < -0.4 is 5.32 Å². The van der Waals surface area contributed by atoms with Gasteiger partial charge < -0.3 is 10.4 Å². The van der Waals surface area contributed by atoms with Crippen LogP contribution in [0.3, 0.4) is 0 Å². The van der Waals surface area contributed by atoms with Crippen LogP contribution >= 0.6 is 11.8 Å². The van der Waals surface area contributed by atoms with Gasteiger partial charge in [-0.2, -0.15) is 0 Å². The topological polar surface area (TPSA) is 32.3 Å². The molecule has 0 radical (unpaired) electrons. The molecule has 2 atom stereocenters. The Morgan fingerprint density at radius 3 is 2.41 bits per heavy atom. The Morgan fingerprint density at radius 2 is 1.88 bits per heavy atom. The first-order valence-electron chi connectivity index (χ1n) is 6.28. The van der Waals surface area contributed by atoms with E-state index in [1.54, 1.807) is 0 Å². The second-order valence-corrected chi connectivity index (χ2v) is 5.80. The monoisotopic (exact) mass is 253 g/mol. The third-order valence-electron chi connectivity index (χ3n) is 2.76. The van der Waals surface area contributed by atoms with Crippen molar-refractivity contribution in [2.24, 2.45) is 0 Å². The van der Waals surface area contributed by atoms with Crippen molar-refractivity contribution in [3.8, 4) is 0 Å². The Labute approximate surface area is 109 Å². The van der Waals surface area contributed by atoms with Crippen molar-refractivity contribution in [2.45, 2.75) is 43.4 Å². The average Bonchev–Trinajstić information content (AvgIpc) is 2.30. The predicted molar refractivity (Wildman–Crippen MR) is 75.6 cm³/mol. The normalized spacial score (nSPS) is 14.6. The third kappa shape index (κ3) is 5.11. The van der Waals surface area contributed by atoms with Crippen molar-refractivity contribution < 1.29 is 5.11 Å². The van der Waals surface area contributed by atoms with Gasteiger partial charge in [0.2, 0.25) is 0 Å². The number of rotatable bonds is 7. The van der Waals surface area contributed by atoms with E-state index in [9.17, 15) is 0 Å². The largest absolute Gasteiger partial charge is 0.396 e. The van der Waals surface area contributed by atoms with E-state index in [0.717, 1.165) is 13.0 Å². The fourth-order valence-electron chi connectivity index (χ4n) is 1.73. The molecule has 96 valence electrons. The van der Waals surface area contributed by atoms with E-state index in [4.69, 9.17) is 5.11 Å². The summed E-state index contributed by atoms with van der Waals surface area (Å²) in [6.45, 7) is 7.71. The molecular weight excluding hydrogens is 230 g/mol. The van der Waals surface area contributed by atoms with Gasteiger partial charge in [-0.05, 0) is 37.6 Å². The maximum Gasteiger partial charge on any atom is 0.0441 e. The Morgan fingerprint density at radius 1 is 1.24 bits per heavy atom. The Hall–Kier alpha value is -0.510. The van der Waals surface area contributed by atoms with Crippen LogP contribution in [0.2, 0.25) is 0 Å². The molecule has 0 aliphatic carbocycles. The molecule has 0 aromatic heterocycles. The molecule has 0 spiro atoms. The van der Waals surface area contributed by atoms with Gasteiger partial charge in [-0.3, -0.25) is 0 Å². The Balaban J connectivity index is 2.55. The first-order chi connectivity index (χ1) is 8.17. The standard InChI is InChI=1S/C14H23NOS/c1-4-15-12(3)13-5-7-14(8-6-13)17-11(2)9-10-16/h5-8,11-12,15-16H,4,9-10H2,1-3H3. The van der Waals surface area contributed by atoms with Crippen LogP contribution in [-0.4, -0.2) is 23.5 Å². The van der Waals surface area contributed by atoms with Crippen LogP contribution in [0.15, 0.2) is 29.2 Å². The minimum atomic E-state index is 0.268. The molecule has 1 aromatic carbocycles. The highest BCUT2D eigenvalue weighted by Gasteiger charge is 2.06. The number of aliphatic hydroxyl groups is 1. The van der Waals surface area contributed by atoms with Crippen molar-refractivity contribution in [1.29, 1.82) is 0 Å². The number of hydrogen-bond acceptors (Lipinski definition) is 3. The van der Waals surface area contributed by atoms with Crippen LogP contribution in [0.1, 0.15) is 38.8 Å². The van der Waals surface area contributed by atoms with Gasteiger partial charge in [0.1, 0.15) is 0 Å². The zero-order valence-corrected chi connectivity index (χ0v) is 11.8. The van der Waals surface area contributed by atoms with Crippen LogP contribution in [0.4, 0.5) is 0 Å². The van der Waals surface area contributed by atoms with Crippen molar-refractivity contribution >= 4 is 11.8 Å². The fraction of sp³-hybridized carbons (Fsp3) is 0.571. The molecule has 0 saturated heterocycles. The van der Waals surface area contributed by atoms with Gasteiger partial charge in [0, 0.05) is 22.8 Å². The van der Waals surface area contributed by atoms with Crippen molar-refractivity contribution in [2.75, 3.05) is 13.2 Å². The van der Waals surface area contributed by atoms with Gasteiger partial charge in [0.15, 0.2) is 0 Å². The summed E-state index contributed by atoms with van der Waals surface area (Å²) in [7, 11) is 0. The number of thioether (sulfide) groups is 1. The number of hydrogen-bond donors (Lipinski definition) is 2. The summed E-state index contributed by atoms with van der Waals surface area (Å²) in [5, 5.41) is 12.7. The van der Waals surface area contributed by atoms with Gasteiger partial charge in [-0.1, -0.05) is 26.0 Å². The molecule has 0 amide bonds. The average molecular weight is 253 g/mol. The van der Waals surface area contributed by atoms with Crippen molar-refractivity contribution in [3.63, 3.8) is 0 Å². The molecule has 3 heteroatoms. The van der Waals surface area contributed by atoms with Gasteiger partial charge in [0.25, 0.3) is 0 Å². The highest BCUT2D eigenvalue weighted by molar-refractivity contribution is 7.99. The van der Waals surface area contributed by atoms with Gasteiger partial charge in [0.05, 0.1) is 0 Å². The van der Waals surface area contributed by atoms with Crippen molar-refractivity contribution in [3.05, 3.63) is 29.8 Å². The minimum absolute atomic E-state index is 0.268. The molecule has 17 heavy (non-hydrogen) atoms. The van der Waals surface area contributed by atoms with E-state index in [-0.39, 0.29) is 6.61 Å². The summed E-state index contributed by atoms with van der Waals surface area (Å²) in [6, 6.07) is 9.11. The first kappa shape index (κ1) is 14.6. The molecule has 0 bridgehead atoms. The number of aliphatic hydroxyl groups excluding tert-OH is 1. The molecular formula is C14H23NOS. The van der Waals surface area contributed by atoms with E-state index in [1.807, 2.05) is 11.8 Å². The summed E-state index contributed by atoms with van der Waals surface area (Å²) in [5.74, 6) is 0. The maximum absolute atomic E-state index is 8.87. The molecule has 0 fully saturated rings. The summed E-state index contributed by atoms with van der Waals surface area (Å²) in [5.41, 5.74) is 1.33. The molecule has 0 aliphatic heterocycles. The maximum atomic E-state index is 8.87. The lowest BCUT2D eigenvalue weighted by Crippen LogP contribution is -2.17. The highest BCUT2D eigenvalue weighted by atomic mass is 32.2. The van der Waals surface area contributed by atoms with E-state index < -0.39 is 0 Å². The SMILES string of the molecule is CCNC(C)c1ccc(SC(C)CCO)cc1. The fourth-order valence-corrected chi connectivity index (χ4v) is 2.71. The summed E-state index contributed by atoms with van der Waals surface area (Å²) in [6.07, 6.45) is 0.847. The lowest BCUT2D eigenvalue weighted by molar-refractivity contribution is 0.289. The van der Waals surface area contributed by atoms with Crippen LogP contribution in [0, 0.1) is 0 Å². The summed E-state index contributed by atoms with van der Waals surface area (Å²) < 4.78 is 0. The van der Waals surface area contributed by atoms with Crippen LogP contribution in [0.25, 0.3) is 0 Å². The minimum Gasteiger partial charge on any atom is -0.396 e. The smallest absolute Gasteiger partial charge is 0.0441 e. The molecule has 1 aromatic rings. The summed E-state index contributed by atoms with van der Waals surface area (Å²) >= 11 is 1.82. The molecule has 1 rings (SSSR count).